The van der Waals surface area contributed by atoms with Crippen LogP contribution in [0.1, 0.15) is 31.9 Å². The van der Waals surface area contributed by atoms with Gasteiger partial charge in [0.15, 0.2) is 0 Å². The van der Waals surface area contributed by atoms with Gasteiger partial charge in [-0.25, -0.2) is 0 Å². The number of hydrogen-bond acceptors (Lipinski definition) is 4. The summed E-state index contributed by atoms with van der Waals surface area (Å²) in [5.41, 5.74) is 2.33. The third-order valence-corrected chi connectivity index (χ3v) is 3.70. The maximum Gasteiger partial charge on any atom is 0.0990 e. The first-order chi connectivity index (χ1) is 9.13. The Balaban J connectivity index is 2.16. The van der Waals surface area contributed by atoms with Crippen molar-refractivity contribution in [1.82, 2.24) is 5.32 Å². The summed E-state index contributed by atoms with van der Waals surface area (Å²) < 4.78 is 0. The smallest absolute Gasteiger partial charge is 0.0990 e. The van der Waals surface area contributed by atoms with E-state index in [1.807, 2.05) is 12.1 Å². The van der Waals surface area contributed by atoms with Crippen LogP contribution in [-0.4, -0.2) is 42.1 Å². The predicted molar refractivity (Wildman–Crippen MR) is 77.4 cm³/mol. The number of aliphatic hydroxyl groups excluding tert-OH is 2. The van der Waals surface area contributed by atoms with E-state index in [0.29, 0.717) is 13.1 Å². The van der Waals surface area contributed by atoms with Gasteiger partial charge in [0.05, 0.1) is 12.2 Å². The second-order valence-electron chi connectivity index (χ2n) is 5.27. The predicted octanol–water partition coefficient (Wildman–Crippen LogP) is 1.29. The fraction of sp³-hybridized carbons (Fsp3) is 0.600. The maximum atomic E-state index is 9.69. The topological polar surface area (TPSA) is 55.7 Å². The number of anilines is 1. The Bertz CT molecular complexity index is 401. The van der Waals surface area contributed by atoms with E-state index in [4.69, 9.17) is 0 Å². The molecule has 0 radical (unpaired) electrons. The Morgan fingerprint density at radius 3 is 2.53 bits per heavy atom. The average Bonchev–Trinajstić information content (AvgIpc) is 2.76. The molecule has 1 aliphatic heterocycles. The Kier molecular flexibility index (Phi) is 4.80. The van der Waals surface area contributed by atoms with Crippen LogP contribution in [-0.2, 0) is 0 Å². The zero-order valence-corrected chi connectivity index (χ0v) is 11.7. The first-order valence-corrected chi connectivity index (χ1v) is 7.07. The van der Waals surface area contributed by atoms with Crippen molar-refractivity contribution >= 4 is 5.69 Å². The monoisotopic (exact) mass is 264 g/mol. The highest BCUT2D eigenvalue weighted by Crippen LogP contribution is 2.29. The molecule has 1 aromatic rings. The molecule has 4 nitrogen and oxygen atoms in total. The van der Waals surface area contributed by atoms with Crippen molar-refractivity contribution in [1.29, 1.82) is 0 Å². The van der Waals surface area contributed by atoms with Crippen LogP contribution in [0.25, 0.3) is 0 Å². The van der Waals surface area contributed by atoms with E-state index in [-0.39, 0.29) is 6.04 Å². The Hall–Kier alpha value is -1.10. The molecule has 2 rings (SSSR count). The molecule has 3 N–H and O–H groups in total. The highest BCUT2D eigenvalue weighted by Gasteiger charge is 2.30. The van der Waals surface area contributed by atoms with Gasteiger partial charge >= 0.3 is 0 Å². The van der Waals surface area contributed by atoms with Crippen LogP contribution in [0.3, 0.4) is 0 Å². The third kappa shape index (κ3) is 3.26. The van der Waals surface area contributed by atoms with E-state index < -0.39 is 12.2 Å². The number of rotatable bonds is 5. The molecular weight excluding hydrogens is 240 g/mol. The van der Waals surface area contributed by atoms with Gasteiger partial charge in [-0.2, -0.15) is 0 Å². The minimum absolute atomic E-state index is 0.269. The summed E-state index contributed by atoms with van der Waals surface area (Å²) in [5.74, 6) is 0. The SMILES string of the molecule is CCCNC(C)c1ccccc1N1CC(O)C(O)C1. The van der Waals surface area contributed by atoms with Gasteiger partial charge in [0.1, 0.15) is 0 Å². The molecule has 1 heterocycles. The molecule has 1 fully saturated rings. The second-order valence-corrected chi connectivity index (χ2v) is 5.27. The van der Waals surface area contributed by atoms with Gasteiger partial charge in [0.25, 0.3) is 0 Å². The van der Waals surface area contributed by atoms with Crippen LogP contribution in [0.15, 0.2) is 24.3 Å². The number of hydrogen-bond donors (Lipinski definition) is 3. The van der Waals surface area contributed by atoms with Crippen LogP contribution >= 0.6 is 0 Å². The van der Waals surface area contributed by atoms with Gasteiger partial charge in [-0.15, -0.1) is 0 Å². The van der Waals surface area contributed by atoms with Gasteiger partial charge < -0.3 is 20.4 Å². The molecule has 3 atom stereocenters. The highest BCUT2D eigenvalue weighted by atomic mass is 16.3. The number of nitrogens with zero attached hydrogens (tertiary/aromatic N) is 1. The highest BCUT2D eigenvalue weighted by molar-refractivity contribution is 5.56. The number of β-amino-alcohol motifs (C(OH)–C–C–N with tert-alkyl or cyclic N) is 2. The summed E-state index contributed by atoms with van der Waals surface area (Å²) in [6, 6.07) is 8.48. The zero-order chi connectivity index (χ0) is 13.8. The first-order valence-electron chi connectivity index (χ1n) is 7.07. The van der Waals surface area contributed by atoms with Crippen molar-refractivity contribution in [3.05, 3.63) is 29.8 Å². The minimum Gasteiger partial charge on any atom is -0.389 e. The standard InChI is InChI=1S/C15H24N2O2/c1-3-8-16-11(2)12-6-4-5-7-13(12)17-9-14(18)15(19)10-17/h4-7,11,14-16,18-19H,3,8-10H2,1-2H3. The molecule has 3 unspecified atom stereocenters. The van der Waals surface area contributed by atoms with E-state index in [1.54, 1.807) is 0 Å². The molecule has 0 saturated carbocycles. The lowest BCUT2D eigenvalue weighted by Gasteiger charge is -2.25. The van der Waals surface area contributed by atoms with Crippen molar-refractivity contribution in [3.63, 3.8) is 0 Å². The summed E-state index contributed by atoms with van der Waals surface area (Å²) in [4.78, 5) is 2.06. The number of benzene rings is 1. The normalized spacial score (nSPS) is 24.7. The molecule has 0 aliphatic carbocycles. The van der Waals surface area contributed by atoms with E-state index in [9.17, 15) is 10.2 Å². The van der Waals surface area contributed by atoms with Crippen LogP contribution in [0.4, 0.5) is 5.69 Å². The maximum absolute atomic E-state index is 9.69. The summed E-state index contributed by atoms with van der Waals surface area (Å²) in [7, 11) is 0. The molecule has 0 spiro atoms. The van der Waals surface area contributed by atoms with Crippen LogP contribution in [0, 0.1) is 0 Å². The third-order valence-electron chi connectivity index (χ3n) is 3.70. The first kappa shape index (κ1) is 14.3. The lowest BCUT2D eigenvalue weighted by Crippen LogP contribution is -2.26. The van der Waals surface area contributed by atoms with Gasteiger partial charge in [0.2, 0.25) is 0 Å². The van der Waals surface area contributed by atoms with Crippen molar-refractivity contribution in [2.45, 2.75) is 38.5 Å². The molecular formula is C15H24N2O2. The van der Waals surface area contributed by atoms with Crippen molar-refractivity contribution in [3.8, 4) is 0 Å². The van der Waals surface area contributed by atoms with E-state index >= 15 is 0 Å². The Labute approximate surface area is 115 Å². The molecule has 0 amide bonds. The second kappa shape index (κ2) is 6.37. The summed E-state index contributed by atoms with van der Waals surface area (Å²) in [5, 5.41) is 22.9. The van der Waals surface area contributed by atoms with Gasteiger partial charge in [-0.1, -0.05) is 25.1 Å². The van der Waals surface area contributed by atoms with E-state index in [2.05, 4.69) is 36.2 Å². The molecule has 4 heteroatoms. The summed E-state index contributed by atoms with van der Waals surface area (Å²) >= 11 is 0. The molecule has 1 saturated heterocycles. The Morgan fingerprint density at radius 1 is 1.26 bits per heavy atom. The number of nitrogens with one attached hydrogen (secondary N) is 1. The van der Waals surface area contributed by atoms with Crippen LogP contribution < -0.4 is 10.2 Å². The van der Waals surface area contributed by atoms with Gasteiger partial charge in [0, 0.05) is 24.8 Å². The van der Waals surface area contributed by atoms with Crippen LogP contribution in [0.5, 0.6) is 0 Å². The largest absolute Gasteiger partial charge is 0.389 e. The zero-order valence-electron chi connectivity index (χ0n) is 11.7. The molecule has 0 aromatic heterocycles. The van der Waals surface area contributed by atoms with Gasteiger partial charge in [-0.05, 0) is 31.5 Å². The number of para-hydroxylation sites is 1. The summed E-state index contributed by atoms with van der Waals surface area (Å²) in [6.45, 7) is 6.29. The summed E-state index contributed by atoms with van der Waals surface area (Å²) in [6.07, 6.45) is -0.188. The Morgan fingerprint density at radius 2 is 1.89 bits per heavy atom. The van der Waals surface area contributed by atoms with Gasteiger partial charge in [-0.3, -0.25) is 0 Å². The number of aliphatic hydroxyl groups is 2. The van der Waals surface area contributed by atoms with E-state index in [0.717, 1.165) is 18.7 Å². The fourth-order valence-corrected chi connectivity index (χ4v) is 2.58. The minimum atomic E-state index is -0.646. The quantitative estimate of drug-likeness (QED) is 0.750. The molecule has 106 valence electrons. The van der Waals surface area contributed by atoms with E-state index in [1.165, 1.54) is 5.56 Å². The van der Waals surface area contributed by atoms with Crippen LogP contribution in [0.2, 0.25) is 0 Å². The molecule has 1 aliphatic rings. The lowest BCUT2D eigenvalue weighted by molar-refractivity contribution is 0.0572. The molecule has 19 heavy (non-hydrogen) atoms. The fourth-order valence-electron chi connectivity index (χ4n) is 2.58. The van der Waals surface area contributed by atoms with Crippen molar-refractivity contribution in [2.24, 2.45) is 0 Å². The molecule has 1 aromatic carbocycles. The van der Waals surface area contributed by atoms with Crippen molar-refractivity contribution in [2.75, 3.05) is 24.5 Å². The average molecular weight is 264 g/mol. The van der Waals surface area contributed by atoms with Crippen molar-refractivity contribution < 1.29 is 10.2 Å². The lowest BCUT2D eigenvalue weighted by atomic mass is 10.1. The molecule has 0 bridgehead atoms.